The number of carbonyl (C=O) groups is 2. The Kier molecular flexibility index (Phi) is 4.06. The molecular weight excluding hydrogens is 296 g/mol. The molecule has 4 heterocycles. The number of nitrogens with two attached hydrogens (primary N) is 1. The molecule has 124 valence electrons. The van der Waals surface area contributed by atoms with Crippen molar-refractivity contribution in [1.82, 2.24) is 19.8 Å². The third-order valence-corrected chi connectivity index (χ3v) is 4.60. The summed E-state index contributed by atoms with van der Waals surface area (Å²) in [6.07, 6.45) is 3.20. The first-order chi connectivity index (χ1) is 11.0. The first-order valence-corrected chi connectivity index (χ1v) is 7.79. The van der Waals surface area contributed by atoms with Crippen molar-refractivity contribution < 1.29 is 9.59 Å². The molecule has 0 spiro atoms. The summed E-state index contributed by atoms with van der Waals surface area (Å²) in [7, 11) is 3.41. The molecule has 8 heteroatoms. The van der Waals surface area contributed by atoms with Crippen molar-refractivity contribution in [2.45, 2.75) is 18.9 Å². The van der Waals surface area contributed by atoms with Crippen LogP contribution in [0.25, 0.3) is 0 Å². The smallest absolute Gasteiger partial charge is 0.241 e. The van der Waals surface area contributed by atoms with E-state index in [1.807, 2.05) is 0 Å². The molecule has 0 unspecified atom stereocenters. The molecule has 1 aromatic rings. The molecule has 8 nitrogen and oxygen atoms in total. The Labute approximate surface area is 135 Å². The summed E-state index contributed by atoms with van der Waals surface area (Å²) < 4.78 is 0. The van der Waals surface area contributed by atoms with E-state index in [0.717, 1.165) is 18.7 Å². The number of fused-ring (bicyclic) bond motifs is 4. The minimum atomic E-state index is -0.0973. The third-order valence-electron chi connectivity index (χ3n) is 4.60. The highest BCUT2D eigenvalue weighted by molar-refractivity contribution is 5.87. The maximum atomic E-state index is 12.7. The van der Waals surface area contributed by atoms with Crippen molar-refractivity contribution in [2.75, 3.05) is 44.4 Å². The molecule has 2 N–H and O–H groups in total. The van der Waals surface area contributed by atoms with Gasteiger partial charge in [0.1, 0.15) is 24.5 Å². The molecular formula is C15H22N6O2. The first-order valence-electron chi connectivity index (χ1n) is 7.79. The lowest BCUT2D eigenvalue weighted by Crippen LogP contribution is -2.51. The van der Waals surface area contributed by atoms with E-state index in [1.165, 1.54) is 11.2 Å². The van der Waals surface area contributed by atoms with Crippen LogP contribution >= 0.6 is 0 Å². The fourth-order valence-electron chi connectivity index (χ4n) is 3.26. The zero-order valence-corrected chi connectivity index (χ0v) is 13.5. The van der Waals surface area contributed by atoms with Crippen molar-refractivity contribution in [3.63, 3.8) is 0 Å². The Hall–Kier alpha value is -2.38. The topological polar surface area (TPSA) is 95.7 Å². The summed E-state index contributed by atoms with van der Waals surface area (Å²) in [6, 6.07) is 1.76. The molecule has 0 saturated carbocycles. The van der Waals surface area contributed by atoms with E-state index in [9.17, 15) is 9.59 Å². The number of carbonyl (C=O) groups excluding carboxylic acids is 2. The second-order valence-electron chi connectivity index (χ2n) is 6.39. The molecule has 2 atom stereocenters. The van der Waals surface area contributed by atoms with Crippen molar-refractivity contribution in [3.05, 3.63) is 12.4 Å². The average molecular weight is 318 g/mol. The zero-order chi connectivity index (χ0) is 16.6. The van der Waals surface area contributed by atoms with Crippen LogP contribution in [-0.2, 0) is 9.59 Å². The first kappa shape index (κ1) is 15.5. The number of rotatable bonds is 3. The van der Waals surface area contributed by atoms with Crippen LogP contribution in [0.4, 0.5) is 11.6 Å². The van der Waals surface area contributed by atoms with Crippen molar-refractivity contribution in [2.24, 2.45) is 5.92 Å². The third kappa shape index (κ3) is 3.06. The van der Waals surface area contributed by atoms with Gasteiger partial charge in [0.25, 0.3) is 0 Å². The van der Waals surface area contributed by atoms with Gasteiger partial charge in [0.15, 0.2) is 0 Å². The van der Waals surface area contributed by atoms with Gasteiger partial charge in [-0.1, -0.05) is 0 Å². The quantitative estimate of drug-likeness (QED) is 0.813. The van der Waals surface area contributed by atoms with Crippen molar-refractivity contribution in [1.29, 1.82) is 0 Å². The van der Waals surface area contributed by atoms with Crippen LogP contribution in [0.3, 0.4) is 0 Å². The number of hydrogen-bond acceptors (Lipinski definition) is 6. The molecule has 3 saturated heterocycles. The molecule has 3 aliphatic rings. The molecule has 0 aromatic carbocycles. The number of hydrogen-bond donors (Lipinski definition) is 1. The molecule has 1 aromatic heterocycles. The van der Waals surface area contributed by atoms with Crippen LogP contribution < -0.4 is 10.6 Å². The van der Waals surface area contributed by atoms with Gasteiger partial charge in [0, 0.05) is 39.3 Å². The summed E-state index contributed by atoms with van der Waals surface area (Å²) in [6.45, 7) is 1.42. The number of anilines is 2. The van der Waals surface area contributed by atoms with Gasteiger partial charge in [0.2, 0.25) is 11.8 Å². The summed E-state index contributed by atoms with van der Waals surface area (Å²) in [5.41, 5.74) is 5.74. The van der Waals surface area contributed by atoms with E-state index in [-0.39, 0.29) is 30.3 Å². The van der Waals surface area contributed by atoms with Gasteiger partial charge >= 0.3 is 0 Å². The van der Waals surface area contributed by atoms with Gasteiger partial charge in [-0.25, -0.2) is 9.97 Å². The van der Waals surface area contributed by atoms with Gasteiger partial charge in [0.05, 0.1) is 5.92 Å². The number of nitrogen functional groups attached to an aromatic ring is 1. The summed E-state index contributed by atoms with van der Waals surface area (Å²) in [5, 5.41) is 0. The fraction of sp³-hybridized carbons (Fsp3) is 0.600. The van der Waals surface area contributed by atoms with Crippen LogP contribution in [0, 0.1) is 5.92 Å². The molecule has 2 amide bonds. The number of likely N-dealkylation sites (N-methyl/N-ethyl adjacent to an activating group) is 1. The molecule has 0 aliphatic carbocycles. The maximum absolute atomic E-state index is 12.7. The zero-order valence-electron chi connectivity index (χ0n) is 13.5. The molecule has 4 rings (SSSR count). The lowest BCUT2D eigenvalue weighted by atomic mass is 9.94. The van der Waals surface area contributed by atoms with Crippen LogP contribution in [0.2, 0.25) is 0 Å². The number of amides is 2. The Morgan fingerprint density at radius 3 is 2.83 bits per heavy atom. The summed E-state index contributed by atoms with van der Waals surface area (Å²) in [5.74, 6) is 1.07. The second-order valence-corrected chi connectivity index (χ2v) is 6.39. The standard InChI is InChI=1S/C15H22N6O2/c1-19(2)14(22)8-21-11-4-3-10(15(21)23)6-20(7-11)13-5-12(16)17-9-18-13/h5,9-11H,3-4,6-8H2,1-2H3,(H2,16,17,18)/t10-,11+/m1/s1. The maximum Gasteiger partial charge on any atom is 0.241 e. The van der Waals surface area contributed by atoms with E-state index in [4.69, 9.17) is 5.73 Å². The lowest BCUT2D eigenvalue weighted by molar-refractivity contribution is -0.145. The second kappa shape index (κ2) is 6.02. The van der Waals surface area contributed by atoms with E-state index in [0.29, 0.717) is 18.9 Å². The summed E-state index contributed by atoms with van der Waals surface area (Å²) in [4.78, 5) is 38.2. The Morgan fingerprint density at radius 1 is 1.35 bits per heavy atom. The minimum Gasteiger partial charge on any atom is -0.384 e. The number of aromatic nitrogens is 2. The van der Waals surface area contributed by atoms with Crippen LogP contribution in [0.1, 0.15) is 12.8 Å². The van der Waals surface area contributed by atoms with Gasteiger partial charge < -0.3 is 20.4 Å². The predicted molar refractivity (Wildman–Crippen MR) is 85.6 cm³/mol. The molecule has 23 heavy (non-hydrogen) atoms. The Morgan fingerprint density at radius 2 is 2.13 bits per heavy atom. The van der Waals surface area contributed by atoms with Crippen LogP contribution in [0.5, 0.6) is 0 Å². The van der Waals surface area contributed by atoms with Gasteiger partial charge in [-0.2, -0.15) is 0 Å². The highest BCUT2D eigenvalue weighted by Gasteiger charge is 2.41. The van der Waals surface area contributed by atoms with E-state index in [1.54, 1.807) is 25.1 Å². The van der Waals surface area contributed by atoms with Gasteiger partial charge in [-0.15, -0.1) is 0 Å². The monoisotopic (exact) mass is 318 g/mol. The van der Waals surface area contributed by atoms with E-state index in [2.05, 4.69) is 14.9 Å². The highest BCUT2D eigenvalue weighted by atomic mass is 16.2. The highest BCUT2D eigenvalue weighted by Crippen LogP contribution is 2.31. The fourth-order valence-corrected chi connectivity index (χ4v) is 3.26. The van der Waals surface area contributed by atoms with Crippen LogP contribution in [0.15, 0.2) is 12.4 Å². The van der Waals surface area contributed by atoms with Gasteiger partial charge in [-0.05, 0) is 12.8 Å². The largest absolute Gasteiger partial charge is 0.384 e. The molecule has 2 bridgehead atoms. The average Bonchev–Trinajstić information content (AvgIpc) is 2.80. The molecule has 3 aliphatic heterocycles. The molecule has 0 radical (unpaired) electrons. The van der Waals surface area contributed by atoms with E-state index >= 15 is 0 Å². The Bertz CT molecular complexity index is 620. The number of nitrogens with zero attached hydrogens (tertiary/aromatic N) is 5. The van der Waals surface area contributed by atoms with Crippen LogP contribution in [-0.4, -0.2) is 71.4 Å². The van der Waals surface area contributed by atoms with Crippen molar-refractivity contribution >= 4 is 23.5 Å². The SMILES string of the molecule is CN(C)C(=O)CN1C(=O)[C@@H]2CC[C@H]1CN(c1cc(N)ncn1)C2. The Balaban J connectivity index is 1.82. The molecule has 3 fully saturated rings. The lowest BCUT2D eigenvalue weighted by Gasteiger charge is -2.35. The normalized spacial score (nSPS) is 23.8. The predicted octanol–water partition coefficient (Wildman–Crippen LogP) is -0.426. The van der Waals surface area contributed by atoms with Gasteiger partial charge in [-0.3, -0.25) is 9.59 Å². The summed E-state index contributed by atoms with van der Waals surface area (Å²) >= 11 is 0. The van der Waals surface area contributed by atoms with E-state index < -0.39 is 0 Å². The number of piperidine rings is 1. The minimum absolute atomic E-state index is 0.0290. The van der Waals surface area contributed by atoms with Crippen molar-refractivity contribution in [3.8, 4) is 0 Å².